The number of hydrogen-bond acceptors (Lipinski definition) is 7. The summed E-state index contributed by atoms with van der Waals surface area (Å²) in [5.74, 6) is -0.890. The molecule has 1 aliphatic heterocycles. The molecule has 33 heavy (non-hydrogen) atoms. The molecular formula is C25H32BrNO6. The van der Waals surface area contributed by atoms with Crippen LogP contribution < -0.4 is 10.1 Å². The molecule has 8 heteroatoms. The number of phenols is 1. The fraction of sp³-hybridized carbons (Fsp3) is 0.520. The number of carbonyl (C=O) groups is 2. The monoisotopic (exact) mass is 521 g/mol. The first-order chi connectivity index (χ1) is 15.6. The van der Waals surface area contributed by atoms with Crippen LogP contribution in [-0.4, -0.2) is 43.3 Å². The van der Waals surface area contributed by atoms with Gasteiger partial charge in [-0.05, 0) is 66.2 Å². The number of rotatable bonds is 8. The number of allylic oxidation sites excluding steroid dienone is 3. The van der Waals surface area contributed by atoms with Gasteiger partial charge >= 0.3 is 5.97 Å². The fourth-order valence-corrected chi connectivity index (χ4v) is 4.94. The number of aromatic hydroxyl groups is 1. The van der Waals surface area contributed by atoms with Gasteiger partial charge in [-0.25, -0.2) is 4.79 Å². The molecule has 0 saturated carbocycles. The van der Waals surface area contributed by atoms with Crippen molar-refractivity contribution in [1.29, 1.82) is 0 Å². The normalized spacial score (nSPS) is 19.8. The van der Waals surface area contributed by atoms with Gasteiger partial charge in [0.1, 0.15) is 6.61 Å². The van der Waals surface area contributed by atoms with Crippen LogP contribution in [0.5, 0.6) is 11.5 Å². The van der Waals surface area contributed by atoms with Crippen LogP contribution in [0.2, 0.25) is 0 Å². The summed E-state index contributed by atoms with van der Waals surface area (Å²) < 4.78 is 16.8. The summed E-state index contributed by atoms with van der Waals surface area (Å²) in [7, 11) is 0. The lowest BCUT2D eigenvalue weighted by Gasteiger charge is -2.39. The van der Waals surface area contributed by atoms with Crippen molar-refractivity contribution in [2.24, 2.45) is 5.41 Å². The molecule has 0 aromatic heterocycles. The van der Waals surface area contributed by atoms with Crippen molar-refractivity contribution in [1.82, 2.24) is 5.32 Å². The lowest BCUT2D eigenvalue weighted by molar-refractivity contribution is -0.140. The number of halogens is 1. The Morgan fingerprint density at radius 1 is 1.21 bits per heavy atom. The molecule has 2 aliphatic rings. The molecular weight excluding hydrogens is 490 g/mol. The average Bonchev–Trinajstić information content (AvgIpc) is 2.72. The van der Waals surface area contributed by atoms with Crippen molar-refractivity contribution >= 4 is 27.7 Å². The van der Waals surface area contributed by atoms with Crippen molar-refractivity contribution in [2.75, 3.05) is 26.4 Å². The van der Waals surface area contributed by atoms with Gasteiger partial charge in [0.05, 0.1) is 23.3 Å². The van der Waals surface area contributed by atoms with Gasteiger partial charge in [-0.1, -0.05) is 13.8 Å². The summed E-state index contributed by atoms with van der Waals surface area (Å²) in [5.41, 5.74) is 2.89. The molecule has 0 fully saturated rings. The maximum absolute atomic E-state index is 13.4. The van der Waals surface area contributed by atoms with Crippen LogP contribution in [0.3, 0.4) is 0 Å². The average molecular weight is 522 g/mol. The molecule has 1 aliphatic carbocycles. The molecule has 1 heterocycles. The number of dihydropyridines is 1. The van der Waals surface area contributed by atoms with Crippen LogP contribution >= 0.6 is 15.9 Å². The number of Topliss-reactive ketones (excluding diaryl/α,β-unsaturated/α-hetero) is 1. The zero-order valence-corrected chi connectivity index (χ0v) is 21.4. The molecule has 1 aromatic carbocycles. The van der Waals surface area contributed by atoms with E-state index in [1.165, 1.54) is 0 Å². The lowest BCUT2D eigenvalue weighted by Crippen LogP contribution is -2.38. The summed E-state index contributed by atoms with van der Waals surface area (Å²) >= 11 is 3.39. The highest BCUT2D eigenvalue weighted by molar-refractivity contribution is 9.10. The smallest absolute Gasteiger partial charge is 0.336 e. The van der Waals surface area contributed by atoms with Gasteiger partial charge in [-0.15, -0.1) is 0 Å². The van der Waals surface area contributed by atoms with E-state index < -0.39 is 11.9 Å². The Labute approximate surface area is 203 Å². The van der Waals surface area contributed by atoms with E-state index in [1.807, 2.05) is 20.8 Å². The van der Waals surface area contributed by atoms with Crippen LogP contribution in [0.1, 0.15) is 58.9 Å². The van der Waals surface area contributed by atoms with E-state index in [4.69, 9.17) is 14.2 Å². The number of hydrogen-bond donors (Lipinski definition) is 2. The number of carbonyl (C=O) groups excluding carboxylic acids is 2. The number of ketones is 1. The molecule has 7 nitrogen and oxygen atoms in total. The van der Waals surface area contributed by atoms with Crippen LogP contribution in [0.25, 0.3) is 0 Å². The van der Waals surface area contributed by atoms with E-state index in [2.05, 4.69) is 35.1 Å². The van der Waals surface area contributed by atoms with E-state index in [0.717, 1.165) is 5.70 Å². The minimum absolute atomic E-state index is 0.00646. The topological polar surface area (TPSA) is 94.1 Å². The Morgan fingerprint density at radius 3 is 2.61 bits per heavy atom. The molecule has 0 bridgehead atoms. The van der Waals surface area contributed by atoms with Crippen molar-refractivity contribution in [3.8, 4) is 11.5 Å². The highest BCUT2D eigenvalue weighted by atomic mass is 79.9. The van der Waals surface area contributed by atoms with Crippen LogP contribution in [0, 0.1) is 5.41 Å². The van der Waals surface area contributed by atoms with Crippen molar-refractivity contribution in [2.45, 2.75) is 53.4 Å². The quantitative estimate of drug-likeness (QED) is 0.376. The van der Waals surface area contributed by atoms with E-state index in [9.17, 15) is 14.7 Å². The van der Waals surface area contributed by atoms with Gasteiger partial charge in [-0.3, -0.25) is 4.79 Å². The third-order valence-electron chi connectivity index (χ3n) is 5.81. The zero-order valence-electron chi connectivity index (χ0n) is 19.8. The number of phenolic OH excluding ortho intramolecular Hbond substituents is 1. The third-order valence-corrected chi connectivity index (χ3v) is 6.41. The standard InChI is InChI=1S/C25H32BrNO6/c1-6-31-8-9-33-24(30)20-14(3)27-17-12-25(4,5)13-18(28)22(17)21(20)15-10-16(26)23(29)19(11-15)32-7-2/h10-11,21,27,29H,6-9,12-13H2,1-5H3/t21-/m0/s1. The largest absolute Gasteiger partial charge is 0.503 e. The Hall–Kier alpha value is -2.32. The van der Waals surface area contributed by atoms with Crippen molar-refractivity contribution in [3.63, 3.8) is 0 Å². The van der Waals surface area contributed by atoms with Gasteiger partial charge in [-0.2, -0.15) is 0 Å². The number of nitrogens with one attached hydrogen (secondary N) is 1. The Kier molecular flexibility index (Phi) is 7.90. The SMILES string of the molecule is CCOCCOC(=O)C1=C(C)NC2=C(C(=O)CC(C)(C)C2)[C@H]1c1cc(Br)c(O)c(OCC)c1. The van der Waals surface area contributed by atoms with Gasteiger partial charge in [0.15, 0.2) is 17.3 Å². The summed E-state index contributed by atoms with van der Waals surface area (Å²) in [6, 6.07) is 3.42. The molecule has 0 radical (unpaired) electrons. The molecule has 180 valence electrons. The number of benzene rings is 1. The zero-order chi connectivity index (χ0) is 24.3. The van der Waals surface area contributed by atoms with Crippen LogP contribution in [-0.2, 0) is 19.1 Å². The summed E-state index contributed by atoms with van der Waals surface area (Å²) in [6.07, 6.45) is 1.07. The Balaban J connectivity index is 2.12. The van der Waals surface area contributed by atoms with E-state index >= 15 is 0 Å². The first-order valence-electron chi connectivity index (χ1n) is 11.2. The second-order valence-electron chi connectivity index (χ2n) is 9.05. The molecule has 0 unspecified atom stereocenters. The maximum Gasteiger partial charge on any atom is 0.336 e. The predicted octanol–water partition coefficient (Wildman–Crippen LogP) is 4.74. The van der Waals surface area contributed by atoms with E-state index in [0.29, 0.717) is 59.5 Å². The fourth-order valence-electron chi connectivity index (χ4n) is 4.48. The van der Waals surface area contributed by atoms with Crippen molar-refractivity contribution in [3.05, 3.63) is 44.7 Å². The number of ether oxygens (including phenoxy) is 3. The molecule has 0 spiro atoms. The summed E-state index contributed by atoms with van der Waals surface area (Å²) in [6.45, 7) is 10.9. The van der Waals surface area contributed by atoms with E-state index in [-0.39, 0.29) is 29.3 Å². The lowest BCUT2D eigenvalue weighted by atomic mass is 9.68. The second kappa shape index (κ2) is 10.3. The minimum Gasteiger partial charge on any atom is -0.503 e. The first-order valence-corrected chi connectivity index (χ1v) is 12.0. The van der Waals surface area contributed by atoms with E-state index in [1.54, 1.807) is 12.1 Å². The van der Waals surface area contributed by atoms with Crippen LogP contribution in [0.15, 0.2) is 39.1 Å². The van der Waals surface area contributed by atoms with Crippen molar-refractivity contribution < 1.29 is 28.9 Å². The minimum atomic E-state index is -0.638. The molecule has 1 aromatic rings. The van der Waals surface area contributed by atoms with Gasteiger partial charge in [0, 0.05) is 35.9 Å². The van der Waals surface area contributed by atoms with Gasteiger partial charge in [0.25, 0.3) is 0 Å². The highest BCUT2D eigenvalue weighted by Gasteiger charge is 2.43. The summed E-state index contributed by atoms with van der Waals surface area (Å²) in [5, 5.41) is 13.7. The van der Waals surface area contributed by atoms with Gasteiger partial charge < -0.3 is 24.6 Å². The van der Waals surface area contributed by atoms with Crippen LogP contribution in [0.4, 0.5) is 0 Å². The first kappa shape index (κ1) is 25.3. The predicted molar refractivity (Wildman–Crippen MR) is 128 cm³/mol. The van der Waals surface area contributed by atoms with Gasteiger partial charge in [0.2, 0.25) is 0 Å². The second-order valence-corrected chi connectivity index (χ2v) is 9.90. The molecule has 0 saturated heterocycles. The third kappa shape index (κ3) is 5.44. The molecule has 1 atom stereocenters. The maximum atomic E-state index is 13.4. The Morgan fingerprint density at radius 2 is 1.94 bits per heavy atom. The molecule has 0 amide bonds. The number of esters is 1. The molecule has 3 rings (SSSR count). The molecule has 2 N–H and O–H groups in total. The highest BCUT2D eigenvalue weighted by Crippen LogP contribution is 2.49. The Bertz CT molecular complexity index is 1010. The summed E-state index contributed by atoms with van der Waals surface area (Å²) in [4.78, 5) is 26.6.